The highest BCUT2D eigenvalue weighted by Gasteiger charge is 2.38. The molecule has 1 unspecified atom stereocenters. The zero-order chi connectivity index (χ0) is 17.7. The van der Waals surface area contributed by atoms with E-state index in [1.165, 1.54) is 12.1 Å². The van der Waals surface area contributed by atoms with Crippen molar-refractivity contribution in [1.82, 2.24) is 10.2 Å². The molecule has 0 aromatic heterocycles. The van der Waals surface area contributed by atoms with Crippen LogP contribution < -0.4 is 5.32 Å². The van der Waals surface area contributed by atoms with Crippen LogP contribution in [-0.2, 0) is 16.0 Å². The average molecular weight is 334 g/mol. The van der Waals surface area contributed by atoms with Crippen molar-refractivity contribution in [3.8, 4) is 0 Å². The molecule has 0 spiro atoms. The first-order valence-corrected chi connectivity index (χ1v) is 8.59. The van der Waals surface area contributed by atoms with E-state index >= 15 is 0 Å². The van der Waals surface area contributed by atoms with E-state index < -0.39 is 5.54 Å². The maximum atomic E-state index is 13.1. The molecule has 1 atom stereocenters. The summed E-state index contributed by atoms with van der Waals surface area (Å²) >= 11 is 0. The van der Waals surface area contributed by atoms with Crippen LogP contribution in [-0.4, -0.2) is 35.8 Å². The van der Waals surface area contributed by atoms with Crippen LogP contribution in [0.2, 0.25) is 0 Å². The monoisotopic (exact) mass is 334 g/mol. The first-order chi connectivity index (χ1) is 11.3. The molecule has 1 aliphatic heterocycles. The Hall–Kier alpha value is -1.91. The smallest absolute Gasteiger partial charge is 0.222 e. The van der Waals surface area contributed by atoms with Crippen molar-refractivity contribution in [2.45, 2.75) is 51.5 Å². The third-order valence-electron chi connectivity index (χ3n) is 4.57. The number of rotatable bonds is 7. The van der Waals surface area contributed by atoms with E-state index in [-0.39, 0.29) is 17.6 Å². The summed E-state index contributed by atoms with van der Waals surface area (Å²) in [7, 11) is 1.82. The normalized spacial score (nSPS) is 20.3. The first kappa shape index (κ1) is 18.4. The van der Waals surface area contributed by atoms with Crippen molar-refractivity contribution in [1.29, 1.82) is 0 Å². The second kappa shape index (κ2) is 7.77. The largest absolute Gasteiger partial charge is 0.350 e. The second-order valence-electron chi connectivity index (χ2n) is 7.30. The number of hydrogen-bond acceptors (Lipinski definition) is 2. The molecule has 0 bridgehead atoms. The van der Waals surface area contributed by atoms with Gasteiger partial charge in [0.1, 0.15) is 5.82 Å². The van der Waals surface area contributed by atoms with Gasteiger partial charge < -0.3 is 10.2 Å². The molecule has 5 heteroatoms. The van der Waals surface area contributed by atoms with E-state index in [0.29, 0.717) is 38.0 Å². The Bertz CT molecular complexity index is 586. The third-order valence-corrected chi connectivity index (χ3v) is 4.57. The van der Waals surface area contributed by atoms with Crippen LogP contribution in [0.3, 0.4) is 0 Å². The summed E-state index contributed by atoms with van der Waals surface area (Å²) < 4.78 is 13.1. The highest BCUT2D eigenvalue weighted by molar-refractivity contribution is 5.80. The summed E-state index contributed by atoms with van der Waals surface area (Å²) in [5.74, 6) is 0.287. The molecule has 1 fully saturated rings. The fourth-order valence-electron chi connectivity index (χ4n) is 3.36. The van der Waals surface area contributed by atoms with Gasteiger partial charge in [-0.25, -0.2) is 4.39 Å². The Balaban J connectivity index is 2.01. The van der Waals surface area contributed by atoms with Crippen LogP contribution in [0.1, 0.15) is 45.1 Å². The molecule has 4 nitrogen and oxygen atoms in total. The fraction of sp³-hybridized carbons (Fsp3) is 0.579. The van der Waals surface area contributed by atoms with Crippen LogP contribution in [0, 0.1) is 11.7 Å². The summed E-state index contributed by atoms with van der Waals surface area (Å²) in [5.41, 5.74) is 0.574. The molecule has 2 amide bonds. The van der Waals surface area contributed by atoms with Gasteiger partial charge in [0.2, 0.25) is 11.8 Å². The Morgan fingerprint density at radius 1 is 1.33 bits per heavy atom. The molecule has 0 radical (unpaired) electrons. The first-order valence-electron chi connectivity index (χ1n) is 8.59. The lowest BCUT2D eigenvalue weighted by Gasteiger charge is -2.30. The molecular weight excluding hydrogens is 307 g/mol. The fourth-order valence-corrected chi connectivity index (χ4v) is 3.36. The van der Waals surface area contributed by atoms with Gasteiger partial charge in [0, 0.05) is 32.0 Å². The lowest BCUT2D eigenvalue weighted by atomic mass is 9.85. The zero-order valence-corrected chi connectivity index (χ0v) is 14.8. The molecule has 1 saturated heterocycles. The summed E-state index contributed by atoms with van der Waals surface area (Å²) in [6.45, 7) is 4.89. The number of nitrogens with one attached hydrogen (secondary N) is 1. The van der Waals surface area contributed by atoms with E-state index in [1.54, 1.807) is 17.0 Å². The molecule has 1 aliphatic rings. The minimum Gasteiger partial charge on any atom is -0.350 e. The molecule has 1 N–H and O–H groups in total. The lowest BCUT2D eigenvalue weighted by molar-refractivity contribution is -0.131. The van der Waals surface area contributed by atoms with Gasteiger partial charge in [0.15, 0.2) is 0 Å². The highest BCUT2D eigenvalue weighted by Crippen LogP contribution is 2.30. The molecule has 0 aliphatic carbocycles. The van der Waals surface area contributed by atoms with E-state index in [4.69, 9.17) is 0 Å². The predicted octanol–water partition coefficient (Wildman–Crippen LogP) is 2.91. The maximum absolute atomic E-state index is 13.1. The van der Waals surface area contributed by atoms with E-state index in [9.17, 15) is 14.0 Å². The summed E-state index contributed by atoms with van der Waals surface area (Å²) in [5, 5.41) is 3.06. The van der Waals surface area contributed by atoms with Crippen LogP contribution in [0.4, 0.5) is 4.39 Å². The Morgan fingerprint density at radius 2 is 2.00 bits per heavy atom. The van der Waals surface area contributed by atoms with Crippen molar-refractivity contribution < 1.29 is 14.0 Å². The van der Waals surface area contributed by atoms with Gasteiger partial charge in [-0.15, -0.1) is 0 Å². The van der Waals surface area contributed by atoms with Crippen molar-refractivity contribution in [2.24, 2.45) is 5.92 Å². The number of benzene rings is 1. The molecule has 1 aromatic carbocycles. The van der Waals surface area contributed by atoms with Gasteiger partial charge in [-0.2, -0.15) is 0 Å². The standard InChI is InChI=1S/C19H27FN2O2/c1-14(2)13-22(3)18(24)9-11-19(10-8-17(23)21-19)12-15-4-6-16(20)7-5-15/h4-7,14H,8-13H2,1-3H3,(H,21,23). The van der Waals surface area contributed by atoms with Crippen LogP contribution >= 0.6 is 0 Å². The summed E-state index contributed by atoms with van der Waals surface area (Å²) in [6, 6.07) is 6.35. The van der Waals surface area contributed by atoms with Gasteiger partial charge >= 0.3 is 0 Å². The Labute approximate surface area is 143 Å². The van der Waals surface area contributed by atoms with Crippen molar-refractivity contribution >= 4 is 11.8 Å². The molecule has 1 heterocycles. The quantitative estimate of drug-likeness (QED) is 0.833. The summed E-state index contributed by atoms with van der Waals surface area (Å²) in [6.07, 6.45) is 2.84. The van der Waals surface area contributed by atoms with E-state index in [1.807, 2.05) is 7.05 Å². The van der Waals surface area contributed by atoms with Gasteiger partial charge in [-0.1, -0.05) is 26.0 Å². The molecule has 1 aromatic rings. The molecule has 24 heavy (non-hydrogen) atoms. The second-order valence-corrected chi connectivity index (χ2v) is 7.30. The number of nitrogens with zero attached hydrogens (tertiary/aromatic N) is 1. The van der Waals surface area contributed by atoms with Crippen LogP contribution in [0.15, 0.2) is 24.3 Å². The minimum atomic E-state index is -0.400. The Morgan fingerprint density at radius 3 is 2.54 bits per heavy atom. The Kier molecular flexibility index (Phi) is 5.97. The topological polar surface area (TPSA) is 49.4 Å². The third kappa shape index (κ3) is 5.05. The lowest BCUT2D eigenvalue weighted by Crippen LogP contribution is -2.44. The number of carbonyl (C=O) groups is 2. The van der Waals surface area contributed by atoms with E-state index in [0.717, 1.165) is 12.1 Å². The summed E-state index contributed by atoms with van der Waals surface area (Å²) in [4.78, 5) is 25.8. The number of carbonyl (C=O) groups excluding carboxylic acids is 2. The van der Waals surface area contributed by atoms with Crippen molar-refractivity contribution in [3.05, 3.63) is 35.6 Å². The molecule has 0 saturated carbocycles. The SMILES string of the molecule is CC(C)CN(C)C(=O)CCC1(Cc2ccc(F)cc2)CCC(=O)N1. The van der Waals surface area contributed by atoms with Gasteiger partial charge in [0.05, 0.1) is 0 Å². The zero-order valence-electron chi connectivity index (χ0n) is 14.8. The molecule has 2 rings (SSSR count). The average Bonchev–Trinajstić information content (AvgIpc) is 2.88. The number of halogens is 1. The van der Waals surface area contributed by atoms with E-state index in [2.05, 4.69) is 19.2 Å². The number of hydrogen-bond donors (Lipinski definition) is 1. The molecular formula is C19H27FN2O2. The highest BCUT2D eigenvalue weighted by atomic mass is 19.1. The minimum absolute atomic E-state index is 0.0279. The van der Waals surface area contributed by atoms with Crippen molar-refractivity contribution in [2.75, 3.05) is 13.6 Å². The van der Waals surface area contributed by atoms with Crippen molar-refractivity contribution in [3.63, 3.8) is 0 Å². The van der Waals surface area contributed by atoms with Gasteiger partial charge in [-0.05, 0) is 42.9 Å². The predicted molar refractivity (Wildman–Crippen MR) is 91.9 cm³/mol. The molecule has 132 valence electrons. The number of amides is 2. The van der Waals surface area contributed by atoms with Gasteiger partial charge in [-0.3, -0.25) is 9.59 Å². The van der Waals surface area contributed by atoms with Gasteiger partial charge in [0.25, 0.3) is 0 Å². The maximum Gasteiger partial charge on any atom is 0.222 e. The van der Waals surface area contributed by atoms with Crippen LogP contribution in [0.5, 0.6) is 0 Å². The van der Waals surface area contributed by atoms with Crippen LogP contribution in [0.25, 0.3) is 0 Å².